The molecule has 0 radical (unpaired) electrons. The molecule has 0 aliphatic heterocycles. The highest BCUT2D eigenvalue weighted by Crippen LogP contribution is 2.29. The number of benzene rings is 3. The van der Waals surface area contributed by atoms with E-state index in [2.05, 4.69) is 71.4 Å². The number of fused-ring (bicyclic) bond motifs is 1. The normalized spacial score (nSPS) is 11.3. The van der Waals surface area contributed by atoms with E-state index in [4.69, 9.17) is 23.2 Å². The van der Waals surface area contributed by atoms with Crippen LogP contribution in [-0.2, 0) is 19.5 Å². The van der Waals surface area contributed by atoms with E-state index < -0.39 is 0 Å². The fraction of sp³-hybridized carbons (Fsp3) is 0.200. The summed E-state index contributed by atoms with van der Waals surface area (Å²) in [6.45, 7) is 4.72. The van der Waals surface area contributed by atoms with Gasteiger partial charge in [0.25, 0.3) is 0 Å². The van der Waals surface area contributed by atoms with Crippen molar-refractivity contribution in [2.45, 2.75) is 26.4 Å². The third-order valence-corrected chi connectivity index (χ3v) is 6.03. The molecule has 0 spiro atoms. The van der Waals surface area contributed by atoms with Gasteiger partial charge in [0.15, 0.2) is 0 Å². The Hall–Kier alpha value is -2.26. The SMILES string of the molecule is Cc1c(CNCCc2ccccc2)c2ccccc2n1Cc1ccc(Cl)cc1Cl. The summed E-state index contributed by atoms with van der Waals surface area (Å²) in [5, 5.41) is 6.28. The predicted molar refractivity (Wildman–Crippen MR) is 124 cm³/mol. The predicted octanol–water partition coefficient (Wildman–Crippen LogP) is 6.64. The van der Waals surface area contributed by atoms with E-state index in [1.807, 2.05) is 18.2 Å². The van der Waals surface area contributed by atoms with E-state index in [0.29, 0.717) is 10.0 Å². The first-order chi connectivity index (χ1) is 14.1. The van der Waals surface area contributed by atoms with Gasteiger partial charge in [-0.25, -0.2) is 0 Å². The van der Waals surface area contributed by atoms with Crippen LogP contribution >= 0.6 is 23.2 Å². The molecule has 2 nitrogen and oxygen atoms in total. The van der Waals surface area contributed by atoms with Gasteiger partial charge >= 0.3 is 0 Å². The van der Waals surface area contributed by atoms with E-state index >= 15 is 0 Å². The van der Waals surface area contributed by atoms with Crippen LogP contribution in [0.15, 0.2) is 72.8 Å². The summed E-state index contributed by atoms with van der Waals surface area (Å²) < 4.78 is 2.35. The number of para-hydroxylation sites is 1. The van der Waals surface area contributed by atoms with E-state index in [1.54, 1.807) is 0 Å². The number of rotatable bonds is 7. The first-order valence-electron chi connectivity index (χ1n) is 9.89. The summed E-state index contributed by atoms with van der Waals surface area (Å²) in [6, 6.07) is 24.9. The van der Waals surface area contributed by atoms with Crippen molar-refractivity contribution in [1.29, 1.82) is 0 Å². The summed E-state index contributed by atoms with van der Waals surface area (Å²) in [5.74, 6) is 0. The number of hydrogen-bond donors (Lipinski definition) is 1. The molecule has 4 aromatic rings. The summed E-state index contributed by atoms with van der Waals surface area (Å²) in [7, 11) is 0. The highest BCUT2D eigenvalue weighted by Gasteiger charge is 2.14. The summed E-state index contributed by atoms with van der Waals surface area (Å²) in [5.41, 5.74) is 6.28. The Balaban J connectivity index is 1.56. The van der Waals surface area contributed by atoms with Gasteiger partial charge in [0, 0.05) is 39.7 Å². The summed E-state index contributed by atoms with van der Waals surface area (Å²) in [4.78, 5) is 0. The molecule has 0 unspecified atom stereocenters. The fourth-order valence-corrected chi connectivity index (χ4v) is 4.31. The average Bonchev–Trinajstić information content (AvgIpc) is 2.99. The lowest BCUT2D eigenvalue weighted by atomic mass is 10.1. The topological polar surface area (TPSA) is 17.0 Å². The van der Waals surface area contributed by atoms with Gasteiger partial charge in [0.05, 0.1) is 0 Å². The van der Waals surface area contributed by atoms with Crippen LogP contribution in [0.4, 0.5) is 0 Å². The fourth-order valence-electron chi connectivity index (χ4n) is 3.84. The van der Waals surface area contributed by atoms with Crippen LogP contribution in [-0.4, -0.2) is 11.1 Å². The van der Waals surface area contributed by atoms with Crippen molar-refractivity contribution in [2.24, 2.45) is 0 Å². The molecule has 0 fully saturated rings. The molecule has 0 aliphatic rings. The van der Waals surface area contributed by atoms with Gasteiger partial charge in [-0.15, -0.1) is 0 Å². The standard InChI is InChI=1S/C25H24Cl2N2/c1-18-23(16-28-14-13-19-7-3-2-4-8-19)22-9-5-6-10-25(22)29(18)17-20-11-12-21(26)15-24(20)27/h2-12,15,28H,13-14,16-17H2,1H3. The van der Waals surface area contributed by atoms with Crippen LogP contribution in [0.1, 0.15) is 22.4 Å². The first kappa shape index (κ1) is 20.0. The number of halogens is 2. The quantitative estimate of drug-likeness (QED) is 0.330. The smallest absolute Gasteiger partial charge is 0.0493 e. The van der Waals surface area contributed by atoms with Crippen LogP contribution in [0.5, 0.6) is 0 Å². The zero-order valence-corrected chi connectivity index (χ0v) is 18.0. The van der Waals surface area contributed by atoms with E-state index in [1.165, 1.54) is 27.7 Å². The van der Waals surface area contributed by atoms with Gasteiger partial charge in [-0.2, -0.15) is 0 Å². The van der Waals surface area contributed by atoms with Crippen LogP contribution in [0.25, 0.3) is 10.9 Å². The van der Waals surface area contributed by atoms with E-state index in [0.717, 1.165) is 31.6 Å². The van der Waals surface area contributed by atoms with Crippen molar-refractivity contribution in [1.82, 2.24) is 9.88 Å². The Bertz CT molecular complexity index is 1120. The molecule has 1 aromatic heterocycles. The second-order valence-corrected chi connectivity index (χ2v) is 8.16. The molecule has 0 amide bonds. The number of nitrogens with zero attached hydrogens (tertiary/aromatic N) is 1. The number of aromatic nitrogens is 1. The van der Waals surface area contributed by atoms with Crippen molar-refractivity contribution < 1.29 is 0 Å². The Morgan fingerprint density at radius 3 is 2.45 bits per heavy atom. The molecular formula is C25H24Cl2N2. The van der Waals surface area contributed by atoms with Gasteiger partial charge in [-0.1, -0.05) is 77.8 Å². The monoisotopic (exact) mass is 422 g/mol. The molecule has 0 saturated carbocycles. The zero-order chi connectivity index (χ0) is 20.2. The zero-order valence-electron chi connectivity index (χ0n) is 16.5. The van der Waals surface area contributed by atoms with Gasteiger partial charge in [-0.3, -0.25) is 0 Å². The van der Waals surface area contributed by atoms with Crippen molar-refractivity contribution in [3.05, 3.63) is 105 Å². The molecule has 1 heterocycles. The Morgan fingerprint density at radius 1 is 0.897 bits per heavy atom. The van der Waals surface area contributed by atoms with E-state index in [9.17, 15) is 0 Å². The lowest BCUT2D eigenvalue weighted by Gasteiger charge is -2.11. The maximum atomic E-state index is 6.44. The van der Waals surface area contributed by atoms with Gasteiger partial charge in [0.1, 0.15) is 0 Å². The Labute approximate surface area is 182 Å². The van der Waals surface area contributed by atoms with E-state index in [-0.39, 0.29) is 0 Å². The molecule has 4 heteroatoms. The van der Waals surface area contributed by atoms with Crippen LogP contribution in [0, 0.1) is 6.92 Å². The van der Waals surface area contributed by atoms with Crippen molar-refractivity contribution in [2.75, 3.05) is 6.54 Å². The Kier molecular flexibility index (Phi) is 6.25. The minimum Gasteiger partial charge on any atom is -0.340 e. The van der Waals surface area contributed by atoms with Crippen LogP contribution < -0.4 is 5.32 Å². The molecule has 0 atom stereocenters. The van der Waals surface area contributed by atoms with Gasteiger partial charge in [-0.05, 0) is 54.8 Å². The highest BCUT2D eigenvalue weighted by molar-refractivity contribution is 6.35. The molecule has 4 rings (SSSR count). The van der Waals surface area contributed by atoms with Crippen molar-refractivity contribution in [3.8, 4) is 0 Å². The minimum absolute atomic E-state index is 0.663. The van der Waals surface area contributed by atoms with Crippen molar-refractivity contribution >= 4 is 34.1 Å². The minimum atomic E-state index is 0.663. The number of hydrogen-bond acceptors (Lipinski definition) is 1. The molecular weight excluding hydrogens is 399 g/mol. The second-order valence-electron chi connectivity index (χ2n) is 7.32. The second kappa shape index (κ2) is 9.04. The maximum Gasteiger partial charge on any atom is 0.0493 e. The number of nitrogens with one attached hydrogen (secondary N) is 1. The maximum absolute atomic E-state index is 6.44. The molecule has 0 aliphatic carbocycles. The summed E-state index contributed by atoms with van der Waals surface area (Å²) in [6.07, 6.45) is 1.03. The third-order valence-electron chi connectivity index (χ3n) is 5.44. The van der Waals surface area contributed by atoms with Gasteiger partial charge in [0.2, 0.25) is 0 Å². The summed E-state index contributed by atoms with van der Waals surface area (Å²) >= 11 is 12.5. The van der Waals surface area contributed by atoms with Gasteiger partial charge < -0.3 is 9.88 Å². The first-order valence-corrected chi connectivity index (χ1v) is 10.6. The average molecular weight is 423 g/mol. The molecule has 0 bridgehead atoms. The van der Waals surface area contributed by atoms with Crippen LogP contribution in [0.3, 0.4) is 0 Å². The Morgan fingerprint density at radius 2 is 1.66 bits per heavy atom. The largest absolute Gasteiger partial charge is 0.340 e. The molecule has 29 heavy (non-hydrogen) atoms. The lowest BCUT2D eigenvalue weighted by molar-refractivity contribution is 0.681. The molecule has 148 valence electrons. The van der Waals surface area contributed by atoms with Crippen molar-refractivity contribution in [3.63, 3.8) is 0 Å². The third kappa shape index (κ3) is 4.51. The molecule has 0 saturated heterocycles. The molecule has 1 N–H and O–H groups in total. The van der Waals surface area contributed by atoms with Crippen LogP contribution in [0.2, 0.25) is 10.0 Å². The molecule has 3 aromatic carbocycles. The lowest BCUT2D eigenvalue weighted by Crippen LogP contribution is -2.17. The highest BCUT2D eigenvalue weighted by atomic mass is 35.5.